The summed E-state index contributed by atoms with van der Waals surface area (Å²) in [6.07, 6.45) is 4.64. The van der Waals surface area contributed by atoms with E-state index in [9.17, 15) is 4.79 Å². The van der Waals surface area contributed by atoms with Gasteiger partial charge < -0.3 is 5.73 Å². The Hall–Kier alpha value is -2.49. The monoisotopic (exact) mass is 481 g/mol. The zero-order valence-electron chi connectivity index (χ0n) is 17.9. The Bertz CT molecular complexity index is 1310. The minimum atomic E-state index is -0.0626. The molecule has 32 heavy (non-hydrogen) atoms. The van der Waals surface area contributed by atoms with Gasteiger partial charge in [-0.15, -0.1) is 22.7 Å². The lowest BCUT2D eigenvalue weighted by atomic mass is 9.97. The van der Waals surface area contributed by atoms with E-state index in [0.717, 1.165) is 40.0 Å². The number of rotatable bonds is 5. The van der Waals surface area contributed by atoms with Crippen LogP contribution in [-0.2, 0) is 23.4 Å². The van der Waals surface area contributed by atoms with Gasteiger partial charge in [0, 0.05) is 22.9 Å². The molecule has 1 aromatic carbocycles. The topological polar surface area (TPSA) is 85.0 Å². The van der Waals surface area contributed by atoms with Crippen LogP contribution in [0.2, 0.25) is 0 Å². The Morgan fingerprint density at radius 3 is 2.88 bits per heavy atom. The molecule has 164 valence electrons. The van der Waals surface area contributed by atoms with Gasteiger partial charge in [-0.1, -0.05) is 23.9 Å². The molecule has 4 aromatic rings. The van der Waals surface area contributed by atoms with Crippen molar-refractivity contribution in [2.75, 3.05) is 10.6 Å². The number of aryl methyl sites for hydroxylation is 3. The third kappa shape index (κ3) is 4.12. The average molecular weight is 482 g/mol. The van der Waals surface area contributed by atoms with Crippen molar-refractivity contribution < 1.29 is 4.79 Å². The summed E-state index contributed by atoms with van der Waals surface area (Å²) in [5, 5.41) is 4.38. The molecule has 0 spiro atoms. The predicted molar refractivity (Wildman–Crippen MR) is 134 cm³/mol. The molecule has 0 bridgehead atoms. The highest BCUT2D eigenvalue weighted by Gasteiger charge is 2.21. The number of nitrogens with zero attached hydrogens (tertiary/aromatic N) is 4. The van der Waals surface area contributed by atoms with Gasteiger partial charge in [-0.05, 0) is 55.9 Å². The number of benzene rings is 1. The maximum absolute atomic E-state index is 12.3. The van der Waals surface area contributed by atoms with Crippen molar-refractivity contribution in [3.05, 3.63) is 51.3 Å². The number of thioether (sulfide) groups is 1. The fraction of sp³-hybridized carbons (Fsp3) is 0.304. The highest BCUT2D eigenvalue weighted by molar-refractivity contribution is 7.98. The SMILES string of the molecule is CC(=O)N(c1cccc(C)c1)c1nc(CSc2nc(N)c3c4c(sc3n2)CCCC4)cs1. The highest BCUT2D eigenvalue weighted by atomic mass is 32.2. The van der Waals surface area contributed by atoms with Crippen LogP contribution in [-0.4, -0.2) is 20.9 Å². The smallest absolute Gasteiger partial charge is 0.230 e. The van der Waals surface area contributed by atoms with Crippen LogP contribution in [0.1, 0.15) is 41.5 Å². The first-order valence-electron chi connectivity index (χ1n) is 10.5. The maximum Gasteiger partial charge on any atom is 0.230 e. The van der Waals surface area contributed by atoms with Crippen molar-refractivity contribution in [2.24, 2.45) is 0 Å². The highest BCUT2D eigenvalue weighted by Crippen LogP contribution is 2.39. The number of nitrogens with two attached hydrogens (primary N) is 1. The molecule has 0 saturated carbocycles. The van der Waals surface area contributed by atoms with E-state index in [1.165, 1.54) is 46.4 Å². The van der Waals surface area contributed by atoms with Crippen LogP contribution in [0.25, 0.3) is 10.2 Å². The fourth-order valence-corrected chi connectivity index (χ4v) is 7.09. The van der Waals surface area contributed by atoms with Crippen LogP contribution < -0.4 is 10.6 Å². The van der Waals surface area contributed by atoms with Crippen LogP contribution in [0.4, 0.5) is 16.6 Å². The number of anilines is 3. The van der Waals surface area contributed by atoms with Crippen molar-refractivity contribution in [2.45, 2.75) is 50.4 Å². The second-order valence-electron chi connectivity index (χ2n) is 7.89. The summed E-state index contributed by atoms with van der Waals surface area (Å²) in [4.78, 5) is 30.5. The first kappa shape index (κ1) is 21.4. The molecule has 0 aliphatic heterocycles. The molecule has 6 nitrogen and oxygen atoms in total. The minimum absolute atomic E-state index is 0.0626. The van der Waals surface area contributed by atoms with Gasteiger partial charge in [-0.3, -0.25) is 9.69 Å². The number of hydrogen-bond acceptors (Lipinski definition) is 8. The minimum Gasteiger partial charge on any atom is -0.383 e. The third-order valence-electron chi connectivity index (χ3n) is 5.48. The molecular formula is C23H23N5OS3. The molecular weight excluding hydrogens is 458 g/mol. The van der Waals surface area contributed by atoms with E-state index >= 15 is 0 Å². The van der Waals surface area contributed by atoms with E-state index in [-0.39, 0.29) is 5.91 Å². The molecule has 1 amide bonds. The molecule has 0 radical (unpaired) electrons. The molecule has 3 heterocycles. The molecule has 0 unspecified atom stereocenters. The number of thiazole rings is 1. The molecule has 1 aliphatic carbocycles. The van der Waals surface area contributed by atoms with Crippen LogP contribution in [0.3, 0.4) is 0 Å². The van der Waals surface area contributed by atoms with E-state index in [0.29, 0.717) is 21.9 Å². The Labute approximate surface area is 198 Å². The van der Waals surface area contributed by atoms with Gasteiger partial charge in [0.05, 0.1) is 16.8 Å². The molecule has 2 N–H and O–H groups in total. The van der Waals surface area contributed by atoms with E-state index < -0.39 is 0 Å². The van der Waals surface area contributed by atoms with Gasteiger partial charge in [0.15, 0.2) is 10.3 Å². The maximum atomic E-state index is 12.3. The average Bonchev–Trinajstić information content (AvgIpc) is 3.36. The Balaban J connectivity index is 1.36. The van der Waals surface area contributed by atoms with Crippen molar-refractivity contribution >= 4 is 67.2 Å². The fourth-order valence-electron chi connectivity index (χ4n) is 4.03. The van der Waals surface area contributed by atoms with Crippen LogP contribution in [0.15, 0.2) is 34.8 Å². The van der Waals surface area contributed by atoms with Crippen molar-refractivity contribution in [1.82, 2.24) is 15.0 Å². The summed E-state index contributed by atoms with van der Waals surface area (Å²) in [6, 6.07) is 7.88. The summed E-state index contributed by atoms with van der Waals surface area (Å²) >= 11 is 4.75. The molecule has 5 rings (SSSR count). The van der Waals surface area contributed by atoms with Gasteiger partial charge in [-0.25, -0.2) is 15.0 Å². The summed E-state index contributed by atoms with van der Waals surface area (Å²) < 4.78 is 0. The van der Waals surface area contributed by atoms with E-state index in [4.69, 9.17) is 15.7 Å². The second-order valence-corrected chi connectivity index (χ2v) is 10.7. The Morgan fingerprint density at radius 2 is 2.06 bits per heavy atom. The van der Waals surface area contributed by atoms with Gasteiger partial charge >= 0.3 is 0 Å². The zero-order valence-corrected chi connectivity index (χ0v) is 20.4. The lowest BCUT2D eigenvalue weighted by Gasteiger charge is -2.18. The quantitative estimate of drug-likeness (QED) is 0.282. The molecule has 0 saturated heterocycles. The third-order valence-corrected chi connectivity index (χ3v) is 8.42. The van der Waals surface area contributed by atoms with Crippen molar-refractivity contribution in [3.63, 3.8) is 0 Å². The molecule has 1 aliphatic rings. The number of carbonyl (C=O) groups excluding carboxylic acids is 1. The summed E-state index contributed by atoms with van der Waals surface area (Å²) in [6.45, 7) is 3.57. The zero-order chi connectivity index (χ0) is 22.2. The van der Waals surface area contributed by atoms with Gasteiger partial charge in [0.1, 0.15) is 10.6 Å². The molecule has 3 aromatic heterocycles. The number of thiophene rings is 1. The van der Waals surface area contributed by atoms with E-state index in [2.05, 4.69) is 4.98 Å². The van der Waals surface area contributed by atoms with Crippen LogP contribution >= 0.6 is 34.4 Å². The van der Waals surface area contributed by atoms with Gasteiger partial charge in [-0.2, -0.15) is 0 Å². The van der Waals surface area contributed by atoms with Crippen molar-refractivity contribution in [1.29, 1.82) is 0 Å². The van der Waals surface area contributed by atoms with E-state index in [1.807, 2.05) is 36.6 Å². The molecule has 0 fully saturated rings. The summed E-state index contributed by atoms with van der Waals surface area (Å²) in [7, 11) is 0. The molecule has 0 atom stereocenters. The predicted octanol–water partition coefficient (Wildman–Crippen LogP) is 5.89. The number of nitrogen functional groups attached to an aromatic ring is 1. The summed E-state index contributed by atoms with van der Waals surface area (Å²) in [5.41, 5.74) is 10.5. The van der Waals surface area contributed by atoms with Crippen LogP contribution in [0.5, 0.6) is 0 Å². The van der Waals surface area contributed by atoms with E-state index in [1.54, 1.807) is 23.2 Å². The van der Waals surface area contributed by atoms with Crippen LogP contribution in [0, 0.1) is 6.92 Å². The lowest BCUT2D eigenvalue weighted by molar-refractivity contribution is -0.115. The first-order valence-corrected chi connectivity index (χ1v) is 13.2. The van der Waals surface area contributed by atoms with Crippen molar-refractivity contribution in [3.8, 4) is 0 Å². The lowest BCUT2D eigenvalue weighted by Crippen LogP contribution is -2.22. The van der Waals surface area contributed by atoms with Gasteiger partial charge in [0.2, 0.25) is 5.91 Å². The summed E-state index contributed by atoms with van der Waals surface area (Å²) in [5.74, 6) is 1.14. The first-order chi connectivity index (χ1) is 15.5. The normalized spacial score (nSPS) is 13.3. The number of hydrogen-bond donors (Lipinski definition) is 1. The number of carbonyl (C=O) groups is 1. The number of amides is 1. The number of fused-ring (bicyclic) bond motifs is 3. The largest absolute Gasteiger partial charge is 0.383 e. The van der Waals surface area contributed by atoms with Gasteiger partial charge in [0.25, 0.3) is 0 Å². The number of aromatic nitrogens is 3. The Kier molecular flexibility index (Phi) is 5.88. The Morgan fingerprint density at radius 1 is 1.22 bits per heavy atom. The second kappa shape index (κ2) is 8.80. The standard InChI is InChI=1S/C23H23N5OS3/c1-13-6-5-7-16(10-13)28(14(2)29)23-25-15(12-31-23)11-30-22-26-20(24)19-17-8-3-4-9-18(17)32-21(19)27-22/h5-7,10,12H,3-4,8-9,11H2,1-2H3,(H2,24,26,27). The molecule has 9 heteroatoms.